The highest BCUT2D eigenvalue weighted by Gasteiger charge is 2.75. The standard InChI is InChI=1S/C32H40BrN3O7/c1-5-21(17-37)36-28-30(40)35(18(2)3)15-11-7-10-14-23(38)34-19(4)26(20-12-8-6-9-13-20)42-31(41)24-25(29(36)39)32(28)16-22(33)27(24)43-32/h6-9,11-13,16,18-19,21,24-28,37H,5,10,14-15,17H2,1-4H3,(H,34,38)/b11-7-/t19-,21-,24+,25-,26+,27+,28+,32-/m0/s1. The minimum absolute atomic E-state index is 0.192. The molecule has 5 rings (SSSR count). The second-order valence-electron chi connectivity index (χ2n) is 12.0. The summed E-state index contributed by atoms with van der Waals surface area (Å²) in [6.45, 7) is 7.34. The molecule has 5 bridgehead atoms. The molecule has 4 aliphatic rings. The Labute approximate surface area is 260 Å². The predicted octanol–water partition coefficient (Wildman–Crippen LogP) is 3.01. The van der Waals surface area contributed by atoms with Crippen LogP contribution in [0.1, 0.15) is 58.6 Å². The van der Waals surface area contributed by atoms with Crippen LogP contribution in [0.2, 0.25) is 0 Å². The average Bonchev–Trinajstić information content (AvgIpc) is 3.57. The molecule has 0 radical (unpaired) electrons. The molecule has 232 valence electrons. The maximum absolute atomic E-state index is 14.5. The Morgan fingerprint density at radius 3 is 2.47 bits per heavy atom. The smallest absolute Gasteiger partial charge is 0.313 e. The van der Waals surface area contributed by atoms with Crippen LogP contribution >= 0.6 is 15.9 Å². The summed E-state index contributed by atoms with van der Waals surface area (Å²) in [5, 5.41) is 13.3. The molecule has 4 heterocycles. The van der Waals surface area contributed by atoms with Gasteiger partial charge in [0, 0.05) is 23.5 Å². The molecule has 0 saturated carbocycles. The lowest BCUT2D eigenvalue weighted by Gasteiger charge is -2.39. The number of halogens is 1. The molecule has 1 aromatic carbocycles. The second kappa shape index (κ2) is 12.5. The molecule has 3 amide bonds. The highest BCUT2D eigenvalue weighted by molar-refractivity contribution is 9.11. The van der Waals surface area contributed by atoms with E-state index in [1.165, 1.54) is 4.90 Å². The van der Waals surface area contributed by atoms with Crippen molar-refractivity contribution in [1.82, 2.24) is 15.1 Å². The van der Waals surface area contributed by atoms with Gasteiger partial charge >= 0.3 is 5.97 Å². The topological polar surface area (TPSA) is 125 Å². The third-order valence-corrected chi connectivity index (χ3v) is 9.75. The molecule has 1 aromatic rings. The summed E-state index contributed by atoms with van der Waals surface area (Å²) in [6, 6.07) is 6.64. The normalized spacial score (nSPS) is 34.6. The van der Waals surface area contributed by atoms with Gasteiger partial charge in [-0.15, -0.1) is 0 Å². The van der Waals surface area contributed by atoms with Crippen LogP contribution < -0.4 is 5.32 Å². The van der Waals surface area contributed by atoms with E-state index in [9.17, 15) is 24.3 Å². The summed E-state index contributed by atoms with van der Waals surface area (Å²) in [7, 11) is 0. The molecule has 2 saturated heterocycles. The molecule has 8 atom stereocenters. The zero-order valence-electron chi connectivity index (χ0n) is 24.9. The first-order valence-electron chi connectivity index (χ1n) is 15.0. The third-order valence-electron chi connectivity index (χ3n) is 9.07. The summed E-state index contributed by atoms with van der Waals surface area (Å²) in [6.07, 6.45) is 4.93. The van der Waals surface area contributed by atoms with Crippen LogP contribution in [-0.4, -0.2) is 87.6 Å². The first-order chi connectivity index (χ1) is 20.5. The van der Waals surface area contributed by atoms with Crippen LogP contribution in [0.4, 0.5) is 0 Å². The summed E-state index contributed by atoms with van der Waals surface area (Å²) >= 11 is 3.57. The van der Waals surface area contributed by atoms with Crippen molar-refractivity contribution in [3.8, 4) is 0 Å². The number of cyclic esters (lactones) is 1. The summed E-state index contributed by atoms with van der Waals surface area (Å²) in [5.74, 6) is -3.66. The zero-order chi connectivity index (χ0) is 31.1. The lowest BCUT2D eigenvalue weighted by Crippen LogP contribution is -2.59. The van der Waals surface area contributed by atoms with Crippen molar-refractivity contribution < 1.29 is 33.8 Å². The van der Waals surface area contributed by atoms with Crippen molar-refractivity contribution in [2.75, 3.05) is 13.2 Å². The number of amides is 3. The number of carbonyl (C=O) groups excluding carboxylic acids is 4. The van der Waals surface area contributed by atoms with E-state index >= 15 is 0 Å². The molecule has 10 nitrogen and oxygen atoms in total. The Hall–Kier alpha value is -3.02. The molecule has 43 heavy (non-hydrogen) atoms. The van der Waals surface area contributed by atoms with Crippen LogP contribution in [0.5, 0.6) is 0 Å². The Bertz CT molecular complexity index is 1310. The van der Waals surface area contributed by atoms with Gasteiger partial charge in [0.2, 0.25) is 17.7 Å². The van der Waals surface area contributed by atoms with Gasteiger partial charge in [-0.25, -0.2) is 0 Å². The van der Waals surface area contributed by atoms with Crippen molar-refractivity contribution in [1.29, 1.82) is 0 Å². The van der Waals surface area contributed by atoms with Crippen LogP contribution in [0, 0.1) is 11.8 Å². The predicted molar refractivity (Wildman–Crippen MR) is 161 cm³/mol. The van der Waals surface area contributed by atoms with Crippen molar-refractivity contribution in [2.24, 2.45) is 11.8 Å². The second-order valence-corrected chi connectivity index (χ2v) is 13.0. The quantitative estimate of drug-likeness (QED) is 0.368. The Balaban J connectivity index is 1.63. The Morgan fingerprint density at radius 1 is 1.09 bits per heavy atom. The number of hydrogen-bond acceptors (Lipinski definition) is 7. The molecule has 0 unspecified atom stereocenters. The summed E-state index contributed by atoms with van der Waals surface area (Å²) in [5.41, 5.74) is -0.724. The van der Waals surface area contributed by atoms with E-state index in [1.807, 2.05) is 63.3 Å². The molecular weight excluding hydrogens is 618 g/mol. The van der Waals surface area contributed by atoms with E-state index in [2.05, 4.69) is 21.2 Å². The lowest BCUT2D eigenvalue weighted by molar-refractivity contribution is -0.162. The molecule has 1 spiro atoms. The van der Waals surface area contributed by atoms with E-state index in [0.29, 0.717) is 22.9 Å². The lowest BCUT2D eigenvalue weighted by atomic mass is 9.74. The van der Waals surface area contributed by atoms with Crippen molar-refractivity contribution in [3.05, 3.63) is 58.6 Å². The van der Waals surface area contributed by atoms with Gasteiger partial charge in [0.15, 0.2) is 0 Å². The number of likely N-dealkylation sites (tertiary alicyclic amines) is 1. The Morgan fingerprint density at radius 2 is 1.81 bits per heavy atom. The van der Waals surface area contributed by atoms with Crippen LogP contribution in [-0.2, 0) is 28.7 Å². The van der Waals surface area contributed by atoms with E-state index < -0.39 is 59.6 Å². The molecule has 11 heteroatoms. The zero-order valence-corrected chi connectivity index (χ0v) is 26.5. The average molecular weight is 659 g/mol. The van der Waals surface area contributed by atoms with Gasteiger partial charge in [-0.2, -0.15) is 0 Å². The van der Waals surface area contributed by atoms with Crippen molar-refractivity contribution in [2.45, 2.75) is 88.9 Å². The number of carbonyl (C=O) groups is 4. The third kappa shape index (κ3) is 5.44. The van der Waals surface area contributed by atoms with Gasteiger partial charge in [-0.05, 0) is 45.3 Å². The number of aliphatic hydroxyl groups excluding tert-OH is 1. The van der Waals surface area contributed by atoms with Crippen LogP contribution in [0.25, 0.3) is 0 Å². The minimum atomic E-state index is -1.42. The van der Waals surface area contributed by atoms with Gasteiger partial charge in [-0.3, -0.25) is 19.2 Å². The number of nitrogens with zero attached hydrogens (tertiary/aromatic N) is 2. The molecule has 0 aromatic heterocycles. The van der Waals surface area contributed by atoms with Gasteiger partial charge in [0.1, 0.15) is 29.8 Å². The number of nitrogens with one attached hydrogen (secondary N) is 1. The number of fused-ring (bicyclic) bond motifs is 2. The first-order valence-corrected chi connectivity index (χ1v) is 15.8. The summed E-state index contributed by atoms with van der Waals surface area (Å²) in [4.78, 5) is 59.0. The number of benzene rings is 1. The fourth-order valence-corrected chi connectivity index (χ4v) is 7.69. The molecule has 2 N–H and O–H groups in total. The van der Waals surface area contributed by atoms with Crippen molar-refractivity contribution >= 4 is 39.6 Å². The van der Waals surface area contributed by atoms with E-state index in [1.54, 1.807) is 17.9 Å². The van der Waals surface area contributed by atoms with Gasteiger partial charge in [-0.1, -0.05) is 65.3 Å². The first kappa shape index (κ1) is 31.4. The summed E-state index contributed by atoms with van der Waals surface area (Å²) < 4.78 is 13.3. The molecule has 2 fully saturated rings. The van der Waals surface area contributed by atoms with E-state index in [-0.39, 0.29) is 37.4 Å². The molecule has 0 aliphatic carbocycles. The largest absolute Gasteiger partial charge is 0.455 e. The van der Waals surface area contributed by atoms with Crippen molar-refractivity contribution in [3.63, 3.8) is 0 Å². The van der Waals surface area contributed by atoms with E-state index in [4.69, 9.17) is 9.47 Å². The monoisotopic (exact) mass is 657 g/mol. The van der Waals surface area contributed by atoms with Gasteiger partial charge in [0.05, 0.1) is 24.6 Å². The highest BCUT2D eigenvalue weighted by Crippen LogP contribution is 2.59. The van der Waals surface area contributed by atoms with Gasteiger partial charge in [0.25, 0.3) is 0 Å². The SMILES string of the molecule is CC[C@@H](CO)N1C(=O)[C@@H]2[C@H]3C(=O)O[C@@H](c4ccccc4)[C@H](C)NC(=O)CC/C=C\CN(C(C)C)C(=O)[C@@H]1[C@]21C=C(Br)[C@H]3O1. The maximum Gasteiger partial charge on any atom is 0.313 e. The minimum Gasteiger partial charge on any atom is -0.455 e. The number of esters is 1. The fourth-order valence-electron chi connectivity index (χ4n) is 6.95. The van der Waals surface area contributed by atoms with E-state index in [0.717, 1.165) is 0 Å². The van der Waals surface area contributed by atoms with Gasteiger partial charge < -0.3 is 29.7 Å². The number of ether oxygens (including phenoxy) is 2. The number of aliphatic hydroxyl groups is 1. The maximum atomic E-state index is 14.5. The Kier molecular flexibility index (Phi) is 9.15. The molecular formula is C32H40BrN3O7. The number of rotatable bonds is 5. The molecule has 4 aliphatic heterocycles. The van der Waals surface area contributed by atoms with Crippen LogP contribution in [0.15, 0.2) is 53.0 Å². The number of hydrogen-bond donors (Lipinski definition) is 2. The highest BCUT2D eigenvalue weighted by atomic mass is 79.9. The number of allylic oxidation sites excluding steroid dienone is 1. The fraction of sp³-hybridized carbons (Fsp3) is 0.562. The van der Waals surface area contributed by atoms with Crippen LogP contribution in [0.3, 0.4) is 0 Å².